The summed E-state index contributed by atoms with van der Waals surface area (Å²) in [5, 5.41) is 0. The molecular formula is C14H14BrNO4. The Bertz CT molecular complexity index is 555. The Kier molecular flexibility index (Phi) is 4.23. The standard InChI is InChI=1S/C14H14BrNO4/c1-3-20-14(19)10-11(16(2)13(18)12(10)17)8-4-6-9(15)7-5-8/h4-7,10-11H,3H2,1-2H3/t10-,11-/m0/s1. The van der Waals surface area contributed by atoms with E-state index in [4.69, 9.17) is 4.74 Å². The molecule has 1 aliphatic heterocycles. The molecule has 0 aromatic heterocycles. The summed E-state index contributed by atoms with van der Waals surface area (Å²) in [6.07, 6.45) is 0. The van der Waals surface area contributed by atoms with Crippen molar-refractivity contribution in [3.05, 3.63) is 34.3 Å². The topological polar surface area (TPSA) is 63.7 Å². The average Bonchev–Trinajstić information content (AvgIpc) is 2.64. The summed E-state index contributed by atoms with van der Waals surface area (Å²) in [6.45, 7) is 1.84. The van der Waals surface area contributed by atoms with E-state index in [9.17, 15) is 14.4 Å². The number of hydrogen-bond acceptors (Lipinski definition) is 4. The summed E-state index contributed by atoms with van der Waals surface area (Å²) in [4.78, 5) is 37.1. The molecule has 2 atom stereocenters. The zero-order chi connectivity index (χ0) is 14.9. The first-order valence-corrected chi connectivity index (χ1v) is 6.99. The minimum atomic E-state index is -1.09. The second-order valence-corrected chi connectivity index (χ2v) is 5.42. The van der Waals surface area contributed by atoms with Crippen LogP contribution in [0.25, 0.3) is 0 Å². The number of esters is 1. The summed E-state index contributed by atoms with van der Waals surface area (Å²) >= 11 is 3.32. The van der Waals surface area contributed by atoms with Gasteiger partial charge in [0.15, 0.2) is 0 Å². The molecule has 0 saturated carbocycles. The summed E-state index contributed by atoms with van der Waals surface area (Å²) in [7, 11) is 1.52. The van der Waals surface area contributed by atoms with Gasteiger partial charge in [0.2, 0.25) is 5.78 Å². The number of halogens is 1. The minimum absolute atomic E-state index is 0.174. The number of likely N-dealkylation sites (tertiary alicyclic amines) is 1. The zero-order valence-corrected chi connectivity index (χ0v) is 12.7. The number of ether oxygens (including phenoxy) is 1. The van der Waals surface area contributed by atoms with E-state index < -0.39 is 29.6 Å². The largest absolute Gasteiger partial charge is 0.465 e. The van der Waals surface area contributed by atoms with E-state index in [1.54, 1.807) is 31.2 Å². The van der Waals surface area contributed by atoms with Gasteiger partial charge in [-0.3, -0.25) is 14.4 Å². The van der Waals surface area contributed by atoms with E-state index in [2.05, 4.69) is 15.9 Å². The fourth-order valence-electron chi connectivity index (χ4n) is 2.34. The summed E-state index contributed by atoms with van der Waals surface area (Å²) < 4.78 is 5.80. The highest BCUT2D eigenvalue weighted by atomic mass is 79.9. The molecule has 0 unspecified atom stereocenters. The first kappa shape index (κ1) is 14.7. The third-order valence-corrected chi connectivity index (χ3v) is 3.83. The fourth-order valence-corrected chi connectivity index (χ4v) is 2.61. The van der Waals surface area contributed by atoms with Crippen molar-refractivity contribution in [2.75, 3.05) is 13.7 Å². The van der Waals surface area contributed by atoms with Crippen molar-refractivity contribution in [2.24, 2.45) is 5.92 Å². The summed E-state index contributed by atoms with van der Waals surface area (Å²) in [6, 6.07) is 6.56. The maximum absolute atomic E-state index is 12.0. The number of Topliss-reactive ketones (excluding diaryl/α,β-unsaturated/α-hetero) is 1. The molecule has 0 N–H and O–H groups in total. The van der Waals surface area contributed by atoms with Crippen molar-refractivity contribution in [3.63, 3.8) is 0 Å². The van der Waals surface area contributed by atoms with Gasteiger partial charge in [-0.1, -0.05) is 28.1 Å². The van der Waals surface area contributed by atoms with E-state index in [1.807, 2.05) is 0 Å². The minimum Gasteiger partial charge on any atom is -0.465 e. The Morgan fingerprint density at radius 1 is 1.30 bits per heavy atom. The van der Waals surface area contributed by atoms with Crippen LogP contribution in [0.3, 0.4) is 0 Å². The highest BCUT2D eigenvalue weighted by molar-refractivity contribution is 9.10. The van der Waals surface area contributed by atoms with Crippen LogP contribution in [0.4, 0.5) is 0 Å². The molecule has 1 amide bonds. The second-order valence-electron chi connectivity index (χ2n) is 4.51. The SMILES string of the molecule is CCOC(=O)[C@@H]1C(=O)C(=O)N(C)[C@H]1c1ccc(Br)cc1. The quantitative estimate of drug-likeness (QED) is 0.477. The van der Waals surface area contributed by atoms with Crippen LogP contribution in [0.1, 0.15) is 18.5 Å². The molecule has 1 aliphatic rings. The number of carbonyl (C=O) groups is 3. The zero-order valence-electron chi connectivity index (χ0n) is 11.1. The lowest BCUT2D eigenvalue weighted by Gasteiger charge is -2.23. The van der Waals surface area contributed by atoms with Crippen molar-refractivity contribution in [1.82, 2.24) is 4.90 Å². The van der Waals surface area contributed by atoms with Crippen LogP contribution in [0.2, 0.25) is 0 Å². The number of ketones is 1. The van der Waals surface area contributed by atoms with Gasteiger partial charge in [0.25, 0.3) is 5.91 Å². The van der Waals surface area contributed by atoms with E-state index in [0.717, 1.165) is 10.0 Å². The molecule has 0 radical (unpaired) electrons. The number of amides is 1. The Hall–Kier alpha value is -1.69. The first-order chi connectivity index (χ1) is 9.47. The molecule has 1 heterocycles. The third kappa shape index (κ3) is 2.47. The average molecular weight is 340 g/mol. The molecule has 2 rings (SSSR count). The molecule has 106 valence electrons. The van der Waals surface area contributed by atoms with Gasteiger partial charge in [0.05, 0.1) is 12.6 Å². The number of hydrogen-bond donors (Lipinski definition) is 0. The molecule has 1 saturated heterocycles. The van der Waals surface area contributed by atoms with Crippen LogP contribution in [-0.4, -0.2) is 36.2 Å². The van der Waals surface area contributed by atoms with Crippen molar-refractivity contribution < 1.29 is 19.1 Å². The van der Waals surface area contributed by atoms with Crippen LogP contribution in [0.5, 0.6) is 0 Å². The molecular weight excluding hydrogens is 326 g/mol. The lowest BCUT2D eigenvalue weighted by molar-refractivity contribution is -0.152. The monoisotopic (exact) mass is 339 g/mol. The van der Waals surface area contributed by atoms with E-state index in [-0.39, 0.29) is 6.61 Å². The van der Waals surface area contributed by atoms with Crippen LogP contribution in [0.15, 0.2) is 28.7 Å². The Labute approximate surface area is 125 Å². The number of carbonyl (C=O) groups excluding carboxylic acids is 3. The maximum Gasteiger partial charge on any atom is 0.319 e. The van der Waals surface area contributed by atoms with Gasteiger partial charge >= 0.3 is 5.97 Å². The predicted molar refractivity (Wildman–Crippen MR) is 74.8 cm³/mol. The van der Waals surface area contributed by atoms with Gasteiger partial charge in [-0.15, -0.1) is 0 Å². The van der Waals surface area contributed by atoms with Crippen molar-refractivity contribution in [1.29, 1.82) is 0 Å². The molecule has 6 heteroatoms. The number of likely N-dealkylation sites (N-methyl/N-ethyl adjacent to an activating group) is 1. The molecule has 0 aliphatic carbocycles. The molecule has 0 bridgehead atoms. The Morgan fingerprint density at radius 2 is 1.90 bits per heavy atom. The van der Waals surface area contributed by atoms with Crippen LogP contribution in [0, 0.1) is 5.92 Å². The Balaban J connectivity index is 2.41. The second kappa shape index (κ2) is 5.75. The molecule has 1 fully saturated rings. The number of nitrogens with zero attached hydrogens (tertiary/aromatic N) is 1. The maximum atomic E-state index is 12.0. The lowest BCUT2D eigenvalue weighted by atomic mass is 9.93. The van der Waals surface area contributed by atoms with Gasteiger partial charge in [0.1, 0.15) is 5.92 Å². The fraction of sp³-hybridized carbons (Fsp3) is 0.357. The molecule has 20 heavy (non-hydrogen) atoms. The van der Waals surface area contributed by atoms with Crippen LogP contribution < -0.4 is 0 Å². The smallest absolute Gasteiger partial charge is 0.319 e. The number of rotatable bonds is 3. The third-order valence-electron chi connectivity index (χ3n) is 3.30. The van der Waals surface area contributed by atoms with Crippen molar-refractivity contribution in [3.8, 4) is 0 Å². The van der Waals surface area contributed by atoms with Crippen molar-refractivity contribution >= 4 is 33.6 Å². The summed E-state index contributed by atoms with van der Waals surface area (Å²) in [5.41, 5.74) is 0.730. The van der Waals surface area contributed by atoms with Gasteiger partial charge in [-0.05, 0) is 24.6 Å². The lowest BCUT2D eigenvalue weighted by Crippen LogP contribution is -2.28. The Morgan fingerprint density at radius 3 is 2.45 bits per heavy atom. The molecule has 5 nitrogen and oxygen atoms in total. The number of benzene rings is 1. The van der Waals surface area contributed by atoms with E-state index >= 15 is 0 Å². The van der Waals surface area contributed by atoms with Crippen LogP contribution in [-0.2, 0) is 19.1 Å². The molecule has 1 aromatic rings. The molecule has 0 spiro atoms. The van der Waals surface area contributed by atoms with Gasteiger partial charge in [-0.25, -0.2) is 0 Å². The van der Waals surface area contributed by atoms with E-state index in [1.165, 1.54) is 11.9 Å². The van der Waals surface area contributed by atoms with E-state index in [0.29, 0.717) is 0 Å². The van der Waals surface area contributed by atoms with Crippen molar-refractivity contribution in [2.45, 2.75) is 13.0 Å². The molecule has 1 aromatic carbocycles. The highest BCUT2D eigenvalue weighted by Gasteiger charge is 2.50. The summed E-state index contributed by atoms with van der Waals surface area (Å²) in [5.74, 6) is -3.11. The first-order valence-electron chi connectivity index (χ1n) is 6.20. The predicted octanol–water partition coefficient (Wildman–Crippen LogP) is 1.71. The van der Waals surface area contributed by atoms with Gasteiger partial charge in [-0.2, -0.15) is 0 Å². The van der Waals surface area contributed by atoms with Gasteiger partial charge < -0.3 is 9.64 Å². The normalized spacial score (nSPS) is 22.2. The highest BCUT2D eigenvalue weighted by Crippen LogP contribution is 2.36. The van der Waals surface area contributed by atoms with Gasteiger partial charge in [0, 0.05) is 11.5 Å². The van der Waals surface area contributed by atoms with Crippen LogP contribution >= 0.6 is 15.9 Å².